The molecule has 2 aromatic rings. The van der Waals surface area contributed by atoms with Crippen molar-refractivity contribution in [1.29, 1.82) is 0 Å². The molecule has 2 unspecified atom stereocenters. The maximum atomic E-state index is 5.74. The zero-order chi connectivity index (χ0) is 13.2. The molecule has 1 saturated heterocycles. The Bertz CT molecular complexity index is 572. The van der Waals surface area contributed by atoms with E-state index >= 15 is 0 Å². The molecule has 0 amide bonds. The lowest BCUT2D eigenvalue weighted by Crippen LogP contribution is -2.20. The number of rotatable bonds is 4. The Morgan fingerprint density at radius 3 is 3.21 bits per heavy atom. The highest BCUT2D eigenvalue weighted by molar-refractivity contribution is 5.81. The Labute approximate surface area is 109 Å². The van der Waals surface area contributed by atoms with Crippen LogP contribution in [0, 0.1) is 0 Å². The van der Waals surface area contributed by atoms with Gasteiger partial charge in [-0.3, -0.25) is 0 Å². The lowest BCUT2D eigenvalue weighted by molar-refractivity contribution is -0.235. The predicted octanol–water partition coefficient (Wildman–Crippen LogP) is 0.144. The van der Waals surface area contributed by atoms with Gasteiger partial charge < -0.3 is 24.5 Å². The van der Waals surface area contributed by atoms with E-state index in [2.05, 4.69) is 15.0 Å². The fraction of sp³-hybridized carbons (Fsp3) is 0.545. The van der Waals surface area contributed by atoms with E-state index in [9.17, 15) is 0 Å². The Balaban J connectivity index is 1.74. The summed E-state index contributed by atoms with van der Waals surface area (Å²) in [5, 5.41) is 0. The first-order valence-corrected chi connectivity index (χ1v) is 6.08. The lowest BCUT2D eigenvalue weighted by atomic mass is 10.4. The first kappa shape index (κ1) is 12.3. The van der Waals surface area contributed by atoms with Gasteiger partial charge in [0.2, 0.25) is 0 Å². The second-order valence-electron chi connectivity index (χ2n) is 4.16. The van der Waals surface area contributed by atoms with Gasteiger partial charge in [0.1, 0.15) is 17.9 Å². The van der Waals surface area contributed by atoms with Crippen LogP contribution >= 0.6 is 0 Å². The van der Waals surface area contributed by atoms with Crippen LogP contribution in [0.2, 0.25) is 0 Å². The minimum atomic E-state index is -0.579. The van der Waals surface area contributed by atoms with Crippen molar-refractivity contribution >= 4 is 17.0 Å². The normalized spacial score (nSPS) is 23.2. The van der Waals surface area contributed by atoms with Gasteiger partial charge in [0, 0.05) is 6.61 Å². The highest BCUT2D eigenvalue weighted by atomic mass is 16.9. The third-order valence-corrected chi connectivity index (χ3v) is 2.85. The summed E-state index contributed by atoms with van der Waals surface area (Å²) in [6, 6.07) is 0. The molecule has 0 saturated carbocycles. The van der Waals surface area contributed by atoms with Gasteiger partial charge in [0.05, 0.1) is 19.5 Å². The Morgan fingerprint density at radius 2 is 2.37 bits per heavy atom. The van der Waals surface area contributed by atoms with Crippen LogP contribution in [0.3, 0.4) is 0 Å². The molecule has 0 bridgehead atoms. The van der Waals surface area contributed by atoms with Gasteiger partial charge in [-0.25, -0.2) is 15.0 Å². The molecule has 2 aromatic heterocycles. The van der Waals surface area contributed by atoms with Crippen molar-refractivity contribution in [2.45, 2.75) is 26.0 Å². The lowest BCUT2D eigenvalue weighted by Gasteiger charge is -2.11. The third kappa shape index (κ3) is 2.37. The summed E-state index contributed by atoms with van der Waals surface area (Å²) in [5.74, 6) is 0.375. The van der Waals surface area contributed by atoms with Crippen molar-refractivity contribution in [3.8, 4) is 0 Å². The zero-order valence-electron chi connectivity index (χ0n) is 10.5. The maximum Gasteiger partial charge on any atom is 0.272 e. The van der Waals surface area contributed by atoms with Gasteiger partial charge in [-0.15, -0.1) is 0 Å². The van der Waals surface area contributed by atoms with Crippen molar-refractivity contribution in [2.75, 3.05) is 18.9 Å². The van der Waals surface area contributed by atoms with Crippen molar-refractivity contribution < 1.29 is 14.2 Å². The molecule has 1 aliphatic rings. The van der Waals surface area contributed by atoms with Crippen LogP contribution < -0.4 is 5.73 Å². The molecule has 0 spiro atoms. The standard InChI is InChI=1S/C11H15N5O3/c1-2-17-11-18-4-7(19-11)3-16-6-15-8-9(12)13-5-14-10(8)16/h5-7,11H,2-4H2,1H3,(H2,12,13,14). The van der Waals surface area contributed by atoms with E-state index in [-0.39, 0.29) is 6.10 Å². The molecule has 2 atom stereocenters. The molecule has 0 aliphatic carbocycles. The average Bonchev–Trinajstić information content (AvgIpc) is 3.00. The quantitative estimate of drug-likeness (QED) is 0.839. The van der Waals surface area contributed by atoms with Crippen molar-refractivity contribution in [1.82, 2.24) is 19.5 Å². The van der Waals surface area contributed by atoms with E-state index < -0.39 is 6.48 Å². The molecule has 8 nitrogen and oxygen atoms in total. The Morgan fingerprint density at radius 1 is 1.47 bits per heavy atom. The summed E-state index contributed by atoms with van der Waals surface area (Å²) in [7, 11) is 0. The van der Waals surface area contributed by atoms with Crippen molar-refractivity contribution in [3.05, 3.63) is 12.7 Å². The van der Waals surface area contributed by atoms with Crippen LogP contribution in [0.1, 0.15) is 6.92 Å². The topological polar surface area (TPSA) is 97.3 Å². The monoisotopic (exact) mass is 265 g/mol. The van der Waals surface area contributed by atoms with Gasteiger partial charge >= 0.3 is 0 Å². The van der Waals surface area contributed by atoms with E-state index in [0.29, 0.717) is 36.7 Å². The van der Waals surface area contributed by atoms with E-state index in [1.54, 1.807) is 6.33 Å². The number of imidazole rings is 1. The molecule has 3 heterocycles. The Kier molecular flexibility index (Phi) is 3.28. The fourth-order valence-electron chi connectivity index (χ4n) is 1.99. The molecule has 1 aliphatic heterocycles. The van der Waals surface area contributed by atoms with Gasteiger partial charge in [0.25, 0.3) is 6.48 Å². The van der Waals surface area contributed by atoms with E-state index in [1.165, 1.54) is 6.33 Å². The van der Waals surface area contributed by atoms with Gasteiger partial charge in [-0.2, -0.15) is 0 Å². The number of nitrogen functional groups attached to an aromatic ring is 1. The highest BCUT2D eigenvalue weighted by Crippen LogP contribution is 2.18. The van der Waals surface area contributed by atoms with Crippen LogP contribution in [-0.2, 0) is 20.8 Å². The molecule has 0 aromatic carbocycles. The molecule has 0 radical (unpaired) electrons. The number of hydrogen-bond acceptors (Lipinski definition) is 7. The molecule has 2 N–H and O–H groups in total. The first-order chi connectivity index (χ1) is 9.28. The van der Waals surface area contributed by atoms with Crippen LogP contribution in [0.4, 0.5) is 5.82 Å². The fourth-order valence-corrected chi connectivity index (χ4v) is 1.99. The summed E-state index contributed by atoms with van der Waals surface area (Å²) < 4.78 is 18.1. The van der Waals surface area contributed by atoms with Gasteiger partial charge in [0.15, 0.2) is 11.5 Å². The molecular formula is C11H15N5O3. The molecule has 102 valence electrons. The second-order valence-corrected chi connectivity index (χ2v) is 4.16. The SMILES string of the molecule is CCOC1OCC(Cn2cnc3c(N)ncnc32)O1. The smallest absolute Gasteiger partial charge is 0.272 e. The van der Waals surface area contributed by atoms with Crippen molar-refractivity contribution in [2.24, 2.45) is 0 Å². The number of nitrogens with two attached hydrogens (primary N) is 1. The molecule has 19 heavy (non-hydrogen) atoms. The van der Waals surface area contributed by atoms with Crippen LogP contribution in [-0.4, -0.2) is 45.3 Å². The van der Waals surface area contributed by atoms with Crippen LogP contribution in [0.15, 0.2) is 12.7 Å². The average molecular weight is 265 g/mol. The zero-order valence-corrected chi connectivity index (χ0v) is 10.5. The maximum absolute atomic E-state index is 5.74. The molecular weight excluding hydrogens is 250 g/mol. The molecule has 1 fully saturated rings. The van der Waals surface area contributed by atoms with E-state index in [4.69, 9.17) is 19.9 Å². The van der Waals surface area contributed by atoms with E-state index in [0.717, 1.165) is 0 Å². The van der Waals surface area contributed by atoms with Crippen LogP contribution in [0.5, 0.6) is 0 Å². The number of hydrogen-bond donors (Lipinski definition) is 1. The highest BCUT2D eigenvalue weighted by Gasteiger charge is 2.27. The van der Waals surface area contributed by atoms with Gasteiger partial charge in [-0.1, -0.05) is 0 Å². The second kappa shape index (κ2) is 5.08. The summed E-state index contributed by atoms with van der Waals surface area (Å²) in [4.78, 5) is 12.3. The van der Waals surface area contributed by atoms with Crippen LogP contribution in [0.25, 0.3) is 11.2 Å². The Hall–Kier alpha value is -1.77. The van der Waals surface area contributed by atoms with Crippen molar-refractivity contribution in [3.63, 3.8) is 0 Å². The largest absolute Gasteiger partial charge is 0.382 e. The molecule has 8 heteroatoms. The number of aromatic nitrogens is 4. The number of anilines is 1. The summed E-state index contributed by atoms with van der Waals surface area (Å²) in [6.07, 6.45) is 3.00. The minimum Gasteiger partial charge on any atom is -0.382 e. The summed E-state index contributed by atoms with van der Waals surface area (Å²) in [6.45, 7) is 2.92. The number of fused-ring (bicyclic) bond motifs is 1. The first-order valence-electron chi connectivity index (χ1n) is 6.08. The molecule has 3 rings (SSSR count). The summed E-state index contributed by atoms with van der Waals surface area (Å²) in [5.41, 5.74) is 7.03. The number of nitrogens with zero attached hydrogens (tertiary/aromatic N) is 4. The number of ether oxygens (including phenoxy) is 3. The predicted molar refractivity (Wildman–Crippen MR) is 66.0 cm³/mol. The van der Waals surface area contributed by atoms with E-state index in [1.807, 2.05) is 11.5 Å². The summed E-state index contributed by atoms with van der Waals surface area (Å²) >= 11 is 0. The minimum absolute atomic E-state index is 0.0925. The third-order valence-electron chi connectivity index (χ3n) is 2.85. The van der Waals surface area contributed by atoms with Gasteiger partial charge in [-0.05, 0) is 6.92 Å².